The highest BCUT2D eigenvalue weighted by Gasteiger charge is 2.20. The molecule has 1 aromatic rings. The fraction of sp³-hybridized carbons (Fsp3) is 0.583. The summed E-state index contributed by atoms with van der Waals surface area (Å²) in [6, 6.07) is 1.47. The molecule has 0 aromatic carbocycles. The molecule has 0 amide bonds. The molecule has 2 N–H and O–H groups in total. The minimum Gasteiger partial charge on any atom is -0.477 e. The Morgan fingerprint density at radius 3 is 2.94 bits per heavy atom. The van der Waals surface area contributed by atoms with Gasteiger partial charge in [-0.25, -0.2) is 14.8 Å². The van der Waals surface area contributed by atoms with E-state index in [9.17, 15) is 4.79 Å². The summed E-state index contributed by atoms with van der Waals surface area (Å²) in [5, 5.41) is 11.9. The smallest absolute Gasteiger partial charge is 0.354 e. The molecule has 1 saturated carbocycles. The molecule has 1 heterocycles. The van der Waals surface area contributed by atoms with Gasteiger partial charge < -0.3 is 10.4 Å². The lowest BCUT2D eigenvalue weighted by Crippen LogP contribution is -2.10. The molecule has 0 aliphatic heterocycles. The van der Waals surface area contributed by atoms with Gasteiger partial charge in [-0.15, -0.1) is 0 Å². The molecule has 0 saturated heterocycles. The monoisotopic (exact) mass is 235 g/mol. The van der Waals surface area contributed by atoms with Crippen LogP contribution < -0.4 is 5.32 Å². The Bertz CT molecular complexity index is 416. The van der Waals surface area contributed by atoms with Crippen molar-refractivity contribution in [2.24, 2.45) is 5.92 Å². The molecular weight excluding hydrogens is 218 g/mol. The third-order valence-electron chi connectivity index (χ3n) is 2.84. The van der Waals surface area contributed by atoms with Gasteiger partial charge in [0.1, 0.15) is 0 Å². The lowest BCUT2D eigenvalue weighted by atomic mass is 10.2. The minimum absolute atomic E-state index is 0.0437. The van der Waals surface area contributed by atoms with Crippen LogP contribution in [0, 0.1) is 12.8 Å². The van der Waals surface area contributed by atoms with Gasteiger partial charge in [-0.3, -0.25) is 0 Å². The summed E-state index contributed by atoms with van der Waals surface area (Å²) in [7, 11) is 0. The molecule has 0 radical (unpaired) electrons. The first-order chi connectivity index (χ1) is 8.15. The number of rotatable bonds is 6. The number of aromatic carboxylic acids is 1. The Balaban J connectivity index is 1.87. The predicted molar refractivity (Wildman–Crippen MR) is 64.2 cm³/mol. The van der Waals surface area contributed by atoms with Gasteiger partial charge in [0, 0.05) is 12.2 Å². The van der Waals surface area contributed by atoms with E-state index in [0.717, 1.165) is 18.9 Å². The highest BCUT2D eigenvalue weighted by Crippen LogP contribution is 2.33. The maximum atomic E-state index is 10.8. The van der Waals surface area contributed by atoms with Gasteiger partial charge in [0.05, 0.1) is 0 Å². The Kier molecular flexibility index (Phi) is 3.56. The second-order valence-electron chi connectivity index (χ2n) is 4.54. The van der Waals surface area contributed by atoms with Gasteiger partial charge in [0.2, 0.25) is 5.95 Å². The summed E-state index contributed by atoms with van der Waals surface area (Å²) in [6.07, 6.45) is 5.06. The van der Waals surface area contributed by atoms with Crippen LogP contribution in [0.3, 0.4) is 0 Å². The van der Waals surface area contributed by atoms with E-state index < -0.39 is 5.97 Å². The lowest BCUT2D eigenvalue weighted by Gasteiger charge is -2.06. The molecule has 1 aliphatic rings. The Hall–Kier alpha value is -1.65. The molecule has 5 nitrogen and oxygen atoms in total. The first-order valence-electron chi connectivity index (χ1n) is 5.98. The van der Waals surface area contributed by atoms with Gasteiger partial charge in [-0.1, -0.05) is 12.8 Å². The first kappa shape index (κ1) is 11.8. The average molecular weight is 235 g/mol. The fourth-order valence-corrected chi connectivity index (χ4v) is 1.75. The van der Waals surface area contributed by atoms with Crippen LogP contribution in [0.15, 0.2) is 6.07 Å². The van der Waals surface area contributed by atoms with Crippen molar-refractivity contribution in [3.05, 3.63) is 17.5 Å². The van der Waals surface area contributed by atoms with E-state index in [1.165, 1.54) is 25.3 Å². The zero-order valence-corrected chi connectivity index (χ0v) is 9.94. The lowest BCUT2D eigenvalue weighted by molar-refractivity contribution is 0.0690. The SMILES string of the molecule is Cc1cc(C(=O)O)nc(NCCCC2CC2)n1. The van der Waals surface area contributed by atoms with Gasteiger partial charge in [-0.05, 0) is 31.7 Å². The highest BCUT2D eigenvalue weighted by atomic mass is 16.4. The zero-order valence-electron chi connectivity index (χ0n) is 9.94. The van der Waals surface area contributed by atoms with Crippen molar-refractivity contribution in [3.8, 4) is 0 Å². The summed E-state index contributed by atoms with van der Waals surface area (Å²) < 4.78 is 0. The van der Waals surface area contributed by atoms with E-state index in [4.69, 9.17) is 5.11 Å². The molecule has 92 valence electrons. The zero-order chi connectivity index (χ0) is 12.3. The summed E-state index contributed by atoms with van der Waals surface area (Å²) in [5.74, 6) is 0.319. The first-order valence-corrected chi connectivity index (χ1v) is 5.98. The number of hydrogen-bond acceptors (Lipinski definition) is 4. The van der Waals surface area contributed by atoms with E-state index in [1.807, 2.05) is 0 Å². The van der Waals surface area contributed by atoms with E-state index in [1.54, 1.807) is 6.92 Å². The molecule has 1 aliphatic carbocycles. The van der Waals surface area contributed by atoms with Crippen molar-refractivity contribution in [1.82, 2.24) is 9.97 Å². The summed E-state index contributed by atoms with van der Waals surface area (Å²) >= 11 is 0. The van der Waals surface area contributed by atoms with Crippen molar-refractivity contribution >= 4 is 11.9 Å². The standard InChI is InChI=1S/C12H17N3O2/c1-8-7-10(11(16)17)15-12(14-8)13-6-2-3-9-4-5-9/h7,9H,2-6H2,1H3,(H,16,17)(H,13,14,15). The molecule has 0 spiro atoms. The number of aryl methyl sites for hydroxylation is 1. The third-order valence-corrected chi connectivity index (χ3v) is 2.84. The van der Waals surface area contributed by atoms with Crippen LogP contribution in [-0.2, 0) is 0 Å². The van der Waals surface area contributed by atoms with Crippen molar-refractivity contribution in [1.29, 1.82) is 0 Å². The number of anilines is 1. The molecule has 0 unspecified atom stereocenters. The van der Waals surface area contributed by atoms with Crippen molar-refractivity contribution < 1.29 is 9.90 Å². The van der Waals surface area contributed by atoms with Crippen LogP contribution >= 0.6 is 0 Å². The number of nitrogens with zero attached hydrogens (tertiary/aromatic N) is 2. The number of hydrogen-bond donors (Lipinski definition) is 2. The van der Waals surface area contributed by atoms with Gasteiger partial charge in [-0.2, -0.15) is 0 Å². The summed E-state index contributed by atoms with van der Waals surface area (Å²) in [5.41, 5.74) is 0.712. The number of carbonyl (C=O) groups is 1. The average Bonchev–Trinajstić information content (AvgIpc) is 3.07. The van der Waals surface area contributed by atoms with E-state index in [0.29, 0.717) is 11.6 Å². The Morgan fingerprint density at radius 2 is 2.29 bits per heavy atom. The van der Waals surface area contributed by atoms with Crippen LogP contribution in [0.4, 0.5) is 5.95 Å². The molecule has 1 fully saturated rings. The Labute approximate surface area is 100 Å². The topological polar surface area (TPSA) is 75.1 Å². The largest absolute Gasteiger partial charge is 0.477 e. The predicted octanol–water partition coefficient (Wildman–Crippen LogP) is 2.09. The second kappa shape index (κ2) is 5.12. The van der Waals surface area contributed by atoms with Crippen LogP contribution in [0.1, 0.15) is 41.9 Å². The number of aromatic nitrogens is 2. The number of carboxylic acids is 1. The molecule has 5 heteroatoms. The van der Waals surface area contributed by atoms with Crippen LogP contribution in [-0.4, -0.2) is 27.6 Å². The van der Waals surface area contributed by atoms with Crippen LogP contribution in [0.25, 0.3) is 0 Å². The number of nitrogens with one attached hydrogen (secondary N) is 1. The van der Waals surface area contributed by atoms with Crippen molar-refractivity contribution in [2.45, 2.75) is 32.6 Å². The van der Waals surface area contributed by atoms with Crippen molar-refractivity contribution in [2.75, 3.05) is 11.9 Å². The molecule has 0 atom stereocenters. The minimum atomic E-state index is -1.02. The fourth-order valence-electron chi connectivity index (χ4n) is 1.75. The Morgan fingerprint density at radius 1 is 1.53 bits per heavy atom. The van der Waals surface area contributed by atoms with Crippen molar-refractivity contribution in [3.63, 3.8) is 0 Å². The quantitative estimate of drug-likeness (QED) is 0.738. The molecule has 2 rings (SSSR count). The summed E-state index contributed by atoms with van der Waals surface area (Å²) in [6.45, 7) is 2.57. The van der Waals surface area contributed by atoms with Gasteiger partial charge in [0.25, 0.3) is 0 Å². The van der Waals surface area contributed by atoms with Crippen LogP contribution in [0.2, 0.25) is 0 Å². The van der Waals surface area contributed by atoms with E-state index >= 15 is 0 Å². The molecule has 17 heavy (non-hydrogen) atoms. The number of carboxylic acid groups (broad SMARTS) is 1. The maximum Gasteiger partial charge on any atom is 0.354 e. The van der Waals surface area contributed by atoms with Gasteiger partial charge >= 0.3 is 5.97 Å². The van der Waals surface area contributed by atoms with E-state index in [2.05, 4.69) is 15.3 Å². The van der Waals surface area contributed by atoms with Crippen LogP contribution in [0.5, 0.6) is 0 Å². The molecule has 1 aromatic heterocycles. The maximum absolute atomic E-state index is 10.8. The molecule has 0 bridgehead atoms. The normalized spacial score (nSPS) is 14.6. The summed E-state index contributed by atoms with van der Waals surface area (Å²) in [4.78, 5) is 18.9. The third kappa shape index (κ3) is 3.69. The second-order valence-corrected chi connectivity index (χ2v) is 4.54. The van der Waals surface area contributed by atoms with E-state index in [-0.39, 0.29) is 5.69 Å². The van der Waals surface area contributed by atoms with Gasteiger partial charge in [0.15, 0.2) is 5.69 Å². The highest BCUT2D eigenvalue weighted by molar-refractivity contribution is 5.85. The molecular formula is C12H17N3O2.